The van der Waals surface area contributed by atoms with E-state index in [9.17, 15) is 9.59 Å². The zero-order valence-electron chi connectivity index (χ0n) is 10.5. The number of ether oxygens (including phenoxy) is 1. The van der Waals surface area contributed by atoms with Gasteiger partial charge in [0.05, 0.1) is 18.7 Å². The highest BCUT2D eigenvalue weighted by molar-refractivity contribution is 6.06. The Labute approximate surface area is 106 Å². The summed E-state index contributed by atoms with van der Waals surface area (Å²) in [4.78, 5) is 24.4. The predicted octanol–water partition coefficient (Wildman–Crippen LogP) is 1.25. The lowest BCUT2D eigenvalue weighted by molar-refractivity contribution is -0.136. The Balaban J connectivity index is 2.15. The Morgan fingerprint density at radius 1 is 1.39 bits per heavy atom. The van der Waals surface area contributed by atoms with Crippen LogP contribution in [0.3, 0.4) is 0 Å². The molecular formula is C13H16N2O3. The third kappa shape index (κ3) is 2.30. The van der Waals surface area contributed by atoms with Crippen LogP contribution >= 0.6 is 0 Å². The van der Waals surface area contributed by atoms with E-state index in [1.807, 2.05) is 31.2 Å². The molecule has 2 amide bonds. The van der Waals surface area contributed by atoms with Crippen LogP contribution in [-0.4, -0.2) is 36.4 Å². The molecule has 0 aromatic heterocycles. The monoisotopic (exact) mass is 248 g/mol. The highest BCUT2D eigenvalue weighted by Gasteiger charge is 2.36. The molecule has 1 heterocycles. The van der Waals surface area contributed by atoms with Crippen LogP contribution in [-0.2, 0) is 9.59 Å². The molecule has 5 nitrogen and oxygen atoms in total. The maximum Gasteiger partial charge on any atom is 0.251 e. The number of likely N-dealkylation sites (N-methyl/N-ethyl adjacent to an activating group) is 1. The third-order valence-corrected chi connectivity index (χ3v) is 2.90. The largest absolute Gasteiger partial charge is 0.492 e. The SMILES string of the molecule is CCOc1ccccc1NC1CC(=O)N(C)C1=O. The molecule has 1 atom stereocenters. The number of rotatable bonds is 4. The first kappa shape index (κ1) is 12.4. The van der Waals surface area contributed by atoms with Crippen molar-refractivity contribution in [3.05, 3.63) is 24.3 Å². The molecule has 18 heavy (non-hydrogen) atoms. The highest BCUT2D eigenvalue weighted by atomic mass is 16.5. The molecule has 2 rings (SSSR count). The van der Waals surface area contributed by atoms with Gasteiger partial charge in [-0.2, -0.15) is 0 Å². The van der Waals surface area contributed by atoms with Gasteiger partial charge in [0.2, 0.25) is 5.91 Å². The molecule has 96 valence electrons. The van der Waals surface area contributed by atoms with Gasteiger partial charge in [-0.3, -0.25) is 14.5 Å². The summed E-state index contributed by atoms with van der Waals surface area (Å²) in [6, 6.07) is 6.89. The van der Waals surface area contributed by atoms with Crippen molar-refractivity contribution in [2.24, 2.45) is 0 Å². The molecular weight excluding hydrogens is 232 g/mol. The minimum absolute atomic E-state index is 0.161. The molecule has 1 aromatic carbocycles. The van der Waals surface area contributed by atoms with E-state index < -0.39 is 6.04 Å². The van der Waals surface area contributed by atoms with Crippen LogP contribution in [0.15, 0.2) is 24.3 Å². The van der Waals surface area contributed by atoms with Gasteiger partial charge in [-0.15, -0.1) is 0 Å². The summed E-state index contributed by atoms with van der Waals surface area (Å²) in [7, 11) is 1.50. The zero-order valence-corrected chi connectivity index (χ0v) is 10.5. The van der Waals surface area contributed by atoms with E-state index in [4.69, 9.17) is 4.74 Å². The van der Waals surface area contributed by atoms with E-state index in [1.54, 1.807) is 0 Å². The maximum atomic E-state index is 11.8. The van der Waals surface area contributed by atoms with Crippen molar-refractivity contribution in [1.29, 1.82) is 0 Å². The molecule has 1 N–H and O–H groups in total. The summed E-state index contributed by atoms with van der Waals surface area (Å²) in [5.41, 5.74) is 0.737. The van der Waals surface area contributed by atoms with Gasteiger partial charge in [0.1, 0.15) is 11.8 Å². The lowest BCUT2D eigenvalue weighted by atomic mass is 10.2. The first-order valence-electron chi connectivity index (χ1n) is 5.92. The average Bonchev–Trinajstić information content (AvgIpc) is 2.60. The molecule has 1 aromatic rings. The van der Waals surface area contributed by atoms with Crippen molar-refractivity contribution >= 4 is 17.5 Å². The van der Waals surface area contributed by atoms with Crippen molar-refractivity contribution in [2.45, 2.75) is 19.4 Å². The summed E-state index contributed by atoms with van der Waals surface area (Å²) >= 11 is 0. The van der Waals surface area contributed by atoms with Crippen LogP contribution < -0.4 is 10.1 Å². The summed E-state index contributed by atoms with van der Waals surface area (Å²) in [5.74, 6) is 0.326. The second kappa shape index (κ2) is 5.08. The average molecular weight is 248 g/mol. The van der Waals surface area contributed by atoms with E-state index in [2.05, 4.69) is 5.32 Å². The molecule has 0 radical (unpaired) electrons. The second-order valence-corrected chi connectivity index (χ2v) is 4.12. The Morgan fingerprint density at radius 3 is 2.72 bits per heavy atom. The molecule has 1 aliphatic heterocycles. The van der Waals surface area contributed by atoms with Crippen LogP contribution in [0.1, 0.15) is 13.3 Å². The number of para-hydroxylation sites is 2. The highest BCUT2D eigenvalue weighted by Crippen LogP contribution is 2.26. The molecule has 5 heteroatoms. The van der Waals surface area contributed by atoms with Crippen molar-refractivity contribution in [3.8, 4) is 5.75 Å². The Hall–Kier alpha value is -2.04. The first-order chi connectivity index (χ1) is 8.63. The van der Waals surface area contributed by atoms with Gasteiger partial charge in [-0.25, -0.2) is 0 Å². The lowest BCUT2D eigenvalue weighted by Gasteiger charge is -2.15. The number of amides is 2. The minimum atomic E-state index is -0.496. The molecule has 0 spiro atoms. The van der Waals surface area contributed by atoms with Crippen LogP contribution in [0.2, 0.25) is 0 Å². The van der Waals surface area contributed by atoms with Gasteiger partial charge in [0, 0.05) is 7.05 Å². The fraction of sp³-hybridized carbons (Fsp3) is 0.385. The molecule has 1 saturated heterocycles. The standard InChI is InChI=1S/C13H16N2O3/c1-3-18-11-7-5-4-6-9(11)14-10-8-12(16)15(2)13(10)17/h4-7,10,14H,3,8H2,1-2H3. The summed E-state index contributed by atoms with van der Waals surface area (Å²) in [6.07, 6.45) is 0.190. The number of carbonyl (C=O) groups is 2. The lowest BCUT2D eigenvalue weighted by Crippen LogP contribution is -2.31. The fourth-order valence-electron chi connectivity index (χ4n) is 1.92. The van der Waals surface area contributed by atoms with E-state index >= 15 is 0 Å². The summed E-state index contributed by atoms with van der Waals surface area (Å²) in [5, 5.41) is 3.07. The smallest absolute Gasteiger partial charge is 0.251 e. The second-order valence-electron chi connectivity index (χ2n) is 4.12. The molecule has 0 bridgehead atoms. The number of imide groups is 1. The zero-order chi connectivity index (χ0) is 13.1. The van der Waals surface area contributed by atoms with Crippen LogP contribution in [0.4, 0.5) is 5.69 Å². The number of hydrogen-bond donors (Lipinski definition) is 1. The Morgan fingerprint density at radius 2 is 2.11 bits per heavy atom. The van der Waals surface area contributed by atoms with Crippen LogP contribution in [0.25, 0.3) is 0 Å². The van der Waals surface area contributed by atoms with Crippen LogP contribution in [0, 0.1) is 0 Å². The molecule has 1 aliphatic rings. The van der Waals surface area contributed by atoms with Crippen molar-refractivity contribution in [3.63, 3.8) is 0 Å². The van der Waals surface area contributed by atoms with Gasteiger partial charge in [-0.1, -0.05) is 12.1 Å². The predicted molar refractivity (Wildman–Crippen MR) is 67.4 cm³/mol. The van der Waals surface area contributed by atoms with Crippen LogP contribution in [0.5, 0.6) is 5.75 Å². The number of nitrogens with one attached hydrogen (secondary N) is 1. The summed E-state index contributed by atoms with van der Waals surface area (Å²) < 4.78 is 5.46. The van der Waals surface area contributed by atoms with E-state index in [0.29, 0.717) is 12.4 Å². The van der Waals surface area contributed by atoms with Gasteiger partial charge in [0.25, 0.3) is 5.91 Å². The van der Waals surface area contributed by atoms with Gasteiger partial charge < -0.3 is 10.1 Å². The molecule has 1 unspecified atom stereocenters. The van der Waals surface area contributed by atoms with Crippen molar-refractivity contribution < 1.29 is 14.3 Å². The third-order valence-electron chi connectivity index (χ3n) is 2.90. The van der Waals surface area contributed by atoms with Gasteiger partial charge >= 0.3 is 0 Å². The Kier molecular flexibility index (Phi) is 3.50. The first-order valence-corrected chi connectivity index (χ1v) is 5.92. The number of likely N-dealkylation sites (tertiary alicyclic amines) is 1. The van der Waals surface area contributed by atoms with Gasteiger partial charge in [0.15, 0.2) is 0 Å². The molecule has 0 aliphatic carbocycles. The number of carbonyl (C=O) groups excluding carboxylic acids is 2. The quantitative estimate of drug-likeness (QED) is 0.815. The maximum absolute atomic E-state index is 11.8. The fourth-order valence-corrected chi connectivity index (χ4v) is 1.92. The van der Waals surface area contributed by atoms with Gasteiger partial charge in [-0.05, 0) is 19.1 Å². The summed E-state index contributed by atoms with van der Waals surface area (Å²) in [6.45, 7) is 2.45. The minimum Gasteiger partial charge on any atom is -0.492 e. The van der Waals surface area contributed by atoms with E-state index in [-0.39, 0.29) is 18.2 Å². The van der Waals surface area contributed by atoms with Crippen molar-refractivity contribution in [2.75, 3.05) is 19.0 Å². The molecule has 1 fully saturated rings. The Bertz CT molecular complexity index is 473. The van der Waals surface area contributed by atoms with E-state index in [0.717, 1.165) is 10.6 Å². The number of hydrogen-bond acceptors (Lipinski definition) is 4. The molecule has 0 saturated carbocycles. The number of anilines is 1. The number of benzene rings is 1. The topological polar surface area (TPSA) is 58.6 Å². The normalized spacial score (nSPS) is 19.2. The van der Waals surface area contributed by atoms with Crippen molar-refractivity contribution in [1.82, 2.24) is 4.90 Å². The number of nitrogens with zero attached hydrogens (tertiary/aromatic N) is 1. The van der Waals surface area contributed by atoms with E-state index in [1.165, 1.54) is 7.05 Å².